The number of ketones is 1. The van der Waals surface area contributed by atoms with Crippen LogP contribution in [0.5, 0.6) is 11.5 Å². The van der Waals surface area contributed by atoms with Crippen molar-refractivity contribution in [1.82, 2.24) is 9.88 Å². The second kappa shape index (κ2) is 8.03. The number of aliphatic hydroxyl groups is 1. The molecule has 2 unspecified atom stereocenters. The van der Waals surface area contributed by atoms with E-state index in [9.17, 15) is 14.7 Å². The van der Waals surface area contributed by atoms with Crippen molar-refractivity contribution in [1.29, 1.82) is 0 Å². The van der Waals surface area contributed by atoms with Crippen LogP contribution < -0.4 is 9.47 Å². The molecule has 3 aliphatic rings. The van der Waals surface area contributed by atoms with E-state index in [1.807, 2.05) is 0 Å². The number of nitrogens with zero attached hydrogens (tertiary/aromatic N) is 2. The van der Waals surface area contributed by atoms with Crippen LogP contribution in [0.3, 0.4) is 0 Å². The van der Waals surface area contributed by atoms with Crippen LogP contribution in [0.2, 0.25) is 0 Å². The van der Waals surface area contributed by atoms with E-state index in [4.69, 9.17) is 14.2 Å². The summed E-state index contributed by atoms with van der Waals surface area (Å²) in [5.41, 5.74) is 0.900. The molecule has 0 spiro atoms. The summed E-state index contributed by atoms with van der Waals surface area (Å²) in [6, 6.07) is 9.45. The van der Waals surface area contributed by atoms with Crippen LogP contribution in [-0.4, -0.2) is 59.2 Å². The summed E-state index contributed by atoms with van der Waals surface area (Å²) in [5.74, 6) is -0.603. The SMILES string of the molecule is O=C1C(=O)N(CC2CCCO2)C(c2ccccn2)/C1=C(/O)c1ccc2c(c1)OCCO2. The normalized spacial score (nSPS) is 24.6. The third-order valence-electron chi connectivity index (χ3n) is 5.75. The number of carbonyl (C=O) groups is 2. The second-order valence-electron chi connectivity index (χ2n) is 7.70. The number of carbonyl (C=O) groups excluding carboxylic acids is 2. The number of hydrogen-bond acceptors (Lipinski definition) is 7. The predicted molar refractivity (Wildman–Crippen MR) is 110 cm³/mol. The van der Waals surface area contributed by atoms with E-state index in [1.54, 1.807) is 42.6 Å². The molecule has 1 N–H and O–H groups in total. The van der Waals surface area contributed by atoms with Crippen molar-refractivity contribution >= 4 is 17.4 Å². The van der Waals surface area contributed by atoms with Gasteiger partial charge in [-0.1, -0.05) is 6.07 Å². The summed E-state index contributed by atoms with van der Waals surface area (Å²) in [5, 5.41) is 11.1. The fourth-order valence-electron chi connectivity index (χ4n) is 4.27. The zero-order chi connectivity index (χ0) is 21.4. The molecule has 1 amide bonds. The smallest absolute Gasteiger partial charge is 0.295 e. The number of aliphatic hydroxyl groups excluding tert-OH is 1. The van der Waals surface area contributed by atoms with Crippen LogP contribution in [0.15, 0.2) is 48.2 Å². The Kier molecular flexibility index (Phi) is 5.07. The van der Waals surface area contributed by atoms with Gasteiger partial charge in [0.25, 0.3) is 11.7 Å². The monoisotopic (exact) mass is 422 g/mol. The van der Waals surface area contributed by atoms with E-state index in [0.717, 1.165) is 12.8 Å². The average Bonchev–Trinajstić information content (AvgIpc) is 3.41. The molecule has 0 aliphatic carbocycles. The molecule has 5 rings (SSSR count). The zero-order valence-corrected chi connectivity index (χ0v) is 16.8. The first kappa shape index (κ1) is 19.6. The van der Waals surface area contributed by atoms with Crippen molar-refractivity contribution in [2.24, 2.45) is 0 Å². The number of aromatic nitrogens is 1. The maximum Gasteiger partial charge on any atom is 0.295 e. The molecular formula is C23H22N2O6. The summed E-state index contributed by atoms with van der Waals surface area (Å²) < 4.78 is 16.8. The number of hydrogen-bond donors (Lipinski definition) is 1. The summed E-state index contributed by atoms with van der Waals surface area (Å²) in [6.07, 6.45) is 3.20. The maximum absolute atomic E-state index is 13.0. The number of ether oxygens (including phenoxy) is 3. The van der Waals surface area contributed by atoms with Crippen LogP contribution in [0.4, 0.5) is 0 Å². The van der Waals surface area contributed by atoms with Gasteiger partial charge in [0.05, 0.1) is 17.4 Å². The van der Waals surface area contributed by atoms with Crippen molar-refractivity contribution in [3.63, 3.8) is 0 Å². The molecule has 160 valence electrons. The van der Waals surface area contributed by atoms with Crippen molar-refractivity contribution in [3.8, 4) is 11.5 Å². The lowest BCUT2D eigenvalue weighted by Gasteiger charge is -2.26. The molecule has 2 fully saturated rings. The van der Waals surface area contributed by atoms with Crippen molar-refractivity contribution in [2.45, 2.75) is 25.0 Å². The fourth-order valence-corrected chi connectivity index (χ4v) is 4.27. The van der Waals surface area contributed by atoms with E-state index < -0.39 is 17.7 Å². The fraction of sp³-hybridized carbons (Fsp3) is 0.348. The quantitative estimate of drug-likeness (QED) is 0.459. The average molecular weight is 422 g/mol. The van der Waals surface area contributed by atoms with Crippen LogP contribution in [0.1, 0.15) is 30.1 Å². The first-order chi connectivity index (χ1) is 15.1. The van der Waals surface area contributed by atoms with Gasteiger partial charge in [-0.3, -0.25) is 14.6 Å². The minimum Gasteiger partial charge on any atom is -0.507 e. The van der Waals surface area contributed by atoms with Gasteiger partial charge in [-0.25, -0.2) is 0 Å². The molecule has 0 saturated carbocycles. The van der Waals surface area contributed by atoms with Crippen LogP contribution >= 0.6 is 0 Å². The Labute approximate surface area is 179 Å². The molecule has 0 radical (unpaired) electrons. The molecule has 3 aliphatic heterocycles. The Hall–Kier alpha value is -3.39. The first-order valence-electron chi connectivity index (χ1n) is 10.3. The molecule has 1 aromatic heterocycles. The van der Waals surface area contributed by atoms with Crippen molar-refractivity contribution < 1.29 is 28.9 Å². The number of Topliss-reactive ketones (excluding diaryl/α,β-unsaturated/α-hetero) is 1. The lowest BCUT2D eigenvalue weighted by Crippen LogP contribution is -2.36. The van der Waals surface area contributed by atoms with Gasteiger partial charge in [-0.2, -0.15) is 0 Å². The molecule has 1 aromatic carbocycles. The Morgan fingerprint density at radius 3 is 2.68 bits per heavy atom. The molecule has 2 aromatic rings. The third kappa shape index (κ3) is 3.53. The van der Waals surface area contributed by atoms with Crippen molar-refractivity contribution in [2.75, 3.05) is 26.4 Å². The highest BCUT2D eigenvalue weighted by Gasteiger charge is 2.47. The number of fused-ring (bicyclic) bond motifs is 1. The molecule has 2 atom stereocenters. The van der Waals surface area contributed by atoms with E-state index >= 15 is 0 Å². The van der Waals surface area contributed by atoms with Gasteiger partial charge >= 0.3 is 0 Å². The molecule has 8 nitrogen and oxygen atoms in total. The van der Waals surface area contributed by atoms with Gasteiger partial charge in [0.15, 0.2) is 11.5 Å². The van der Waals surface area contributed by atoms with Gasteiger partial charge in [0.1, 0.15) is 25.0 Å². The van der Waals surface area contributed by atoms with E-state index in [1.165, 1.54) is 4.90 Å². The summed E-state index contributed by atoms with van der Waals surface area (Å²) in [7, 11) is 0. The minimum atomic E-state index is -0.793. The van der Waals surface area contributed by atoms with Gasteiger partial charge in [0, 0.05) is 24.9 Å². The highest BCUT2D eigenvalue weighted by molar-refractivity contribution is 6.46. The van der Waals surface area contributed by atoms with E-state index in [2.05, 4.69) is 4.98 Å². The summed E-state index contributed by atoms with van der Waals surface area (Å²) in [4.78, 5) is 31.8. The van der Waals surface area contributed by atoms with Gasteiger partial charge in [-0.15, -0.1) is 0 Å². The Morgan fingerprint density at radius 1 is 1.10 bits per heavy atom. The van der Waals surface area contributed by atoms with Crippen molar-refractivity contribution in [3.05, 3.63) is 59.4 Å². The lowest BCUT2D eigenvalue weighted by molar-refractivity contribution is -0.140. The molecule has 4 heterocycles. The molecule has 8 heteroatoms. The van der Waals surface area contributed by atoms with E-state index in [-0.39, 0.29) is 24.0 Å². The lowest BCUT2D eigenvalue weighted by atomic mass is 9.98. The Balaban J connectivity index is 1.59. The zero-order valence-electron chi connectivity index (χ0n) is 16.8. The Morgan fingerprint density at radius 2 is 1.94 bits per heavy atom. The molecular weight excluding hydrogens is 400 g/mol. The number of likely N-dealkylation sites (tertiary alicyclic amines) is 1. The van der Waals surface area contributed by atoms with Crippen LogP contribution in [0, 0.1) is 0 Å². The highest BCUT2D eigenvalue weighted by atomic mass is 16.6. The third-order valence-corrected chi connectivity index (χ3v) is 5.75. The Bertz CT molecular complexity index is 1050. The predicted octanol–water partition coefficient (Wildman–Crippen LogP) is 2.45. The number of benzene rings is 1. The standard InChI is InChI=1S/C23H22N2O6/c26-21(14-6-7-17-18(12-14)31-11-10-30-17)19-20(16-5-1-2-8-24-16)25(23(28)22(19)27)13-15-4-3-9-29-15/h1-2,5-8,12,15,20,26H,3-4,9-11,13H2/b21-19-. The number of pyridine rings is 1. The first-order valence-corrected chi connectivity index (χ1v) is 10.3. The number of amides is 1. The van der Waals surface area contributed by atoms with Crippen LogP contribution in [0.25, 0.3) is 5.76 Å². The molecule has 0 bridgehead atoms. The largest absolute Gasteiger partial charge is 0.507 e. The van der Waals surface area contributed by atoms with Gasteiger partial charge in [0.2, 0.25) is 0 Å². The maximum atomic E-state index is 13.0. The van der Waals surface area contributed by atoms with Gasteiger partial charge in [-0.05, 0) is 43.2 Å². The second-order valence-corrected chi connectivity index (χ2v) is 7.70. The number of rotatable bonds is 4. The summed E-state index contributed by atoms with van der Waals surface area (Å²) in [6.45, 7) is 1.76. The van der Waals surface area contributed by atoms with Crippen LogP contribution in [-0.2, 0) is 14.3 Å². The topological polar surface area (TPSA) is 98.2 Å². The minimum absolute atomic E-state index is 0.0124. The molecule has 2 saturated heterocycles. The summed E-state index contributed by atoms with van der Waals surface area (Å²) >= 11 is 0. The van der Waals surface area contributed by atoms with Gasteiger partial charge < -0.3 is 24.2 Å². The highest BCUT2D eigenvalue weighted by Crippen LogP contribution is 2.41. The molecule has 31 heavy (non-hydrogen) atoms. The van der Waals surface area contributed by atoms with E-state index in [0.29, 0.717) is 42.6 Å².